The van der Waals surface area contributed by atoms with E-state index in [2.05, 4.69) is 30.9 Å². The van der Waals surface area contributed by atoms with Gasteiger partial charge in [0.1, 0.15) is 0 Å². The van der Waals surface area contributed by atoms with Crippen molar-refractivity contribution in [1.82, 2.24) is 0 Å². The summed E-state index contributed by atoms with van der Waals surface area (Å²) in [6, 6.07) is 8.07. The fourth-order valence-electron chi connectivity index (χ4n) is 2.78. The summed E-state index contributed by atoms with van der Waals surface area (Å²) in [6.07, 6.45) is 3.28. The highest BCUT2D eigenvalue weighted by Gasteiger charge is 2.33. The SMILES string of the molecule is CC1(C)CCC(CCO)CN1c1ccc(Cl)cc1. The maximum Gasteiger partial charge on any atom is 0.0434 e. The average Bonchev–Trinajstić information content (AvgIpc) is 2.33. The van der Waals surface area contributed by atoms with Crippen LogP contribution >= 0.6 is 11.6 Å². The molecule has 3 heteroatoms. The average molecular weight is 268 g/mol. The third-order valence-corrected chi connectivity index (χ3v) is 4.26. The van der Waals surface area contributed by atoms with Crippen LogP contribution in [0.4, 0.5) is 5.69 Å². The molecule has 1 aromatic rings. The summed E-state index contributed by atoms with van der Waals surface area (Å²) in [6.45, 7) is 5.89. The van der Waals surface area contributed by atoms with Crippen molar-refractivity contribution in [3.8, 4) is 0 Å². The van der Waals surface area contributed by atoms with Gasteiger partial charge in [0.2, 0.25) is 0 Å². The van der Waals surface area contributed by atoms with Gasteiger partial charge in [-0.3, -0.25) is 0 Å². The molecule has 0 spiro atoms. The minimum atomic E-state index is 0.180. The molecule has 1 saturated heterocycles. The molecule has 1 aliphatic rings. The molecule has 0 radical (unpaired) electrons. The van der Waals surface area contributed by atoms with E-state index < -0.39 is 0 Å². The number of rotatable bonds is 3. The Hall–Kier alpha value is -0.730. The zero-order valence-corrected chi connectivity index (χ0v) is 12.0. The van der Waals surface area contributed by atoms with Crippen LogP contribution in [0, 0.1) is 5.92 Å². The highest BCUT2D eigenvalue weighted by molar-refractivity contribution is 6.30. The monoisotopic (exact) mass is 267 g/mol. The smallest absolute Gasteiger partial charge is 0.0434 e. The first-order chi connectivity index (χ1) is 8.53. The Morgan fingerprint density at radius 3 is 2.61 bits per heavy atom. The lowest BCUT2D eigenvalue weighted by atomic mass is 9.83. The van der Waals surface area contributed by atoms with Gasteiger partial charge in [0.15, 0.2) is 0 Å². The topological polar surface area (TPSA) is 23.5 Å². The Kier molecular flexibility index (Phi) is 4.18. The molecule has 1 aliphatic heterocycles. The van der Waals surface area contributed by atoms with Gasteiger partial charge in [-0.15, -0.1) is 0 Å². The van der Waals surface area contributed by atoms with E-state index in [1.165, 1.54) is 18.5 Å². The van der Waals surface area contributed by atoms with E-state index in [0.29, 0.717) is 12.5 Å². The van der Waals surface area contributed by atoms with E-state index in [1.807, 2.05) is 12.1 Å². The van der Waals surface area contributed by atoms with Gasteiger partial charge in [-0.25, -0.2) is 0 Å². The molecule has 0 saturated carbocycles. The maximum atomic E-state index is 9.11. The van der Waals surface area contributed by atoms with Gasteiger partial charge in [-0.1, -0.05) is 11.6 Å². The molecular formula is C15H22ClNO. The van der Waals surface area contributed by atoms with E-state index >= 15 is 0 Å². The van der Waals surface area contributed by atoms with Crippen LogP contribution < -0.4 is 4.90 Å². The van der Waals surface area contributed by atoms with Gasteiger partial charge >= 0.3 is 0 Å². The number of piperidine rings is 1. The molecule has 1 fully saturated rings. The van der Waals surface area contributed by atoms with E-state index in [4.69, 9.17) is 16.7 Å². The molecule has 0 amide bonds. The zero-order valence-electron chi connectivity index (χ0n) is 11.2. The second-order valence-corrected chi connectivity index (χ2v) is 6.25. The first kappa shape index (κ1) is 13.7. The summed E-state index contributed by atoms with van der Waals surface area (Å²) in [7, 11) is 0. The standard InChI is InChI=1S/C15H22ClNO/c1-15(2)9-7-12(8-10-18)11-17(15)14-5-3-13(16)4-6-14/h3-6,12,18H,7-11H2,1-2H3. The molecule has 0 bridgehead atoms. The molecule has 0 aliphatic carbocycles. The molecule has 0 aromatic heterocycles. The first-order valence-corrected chi connectivity index (χ1v) is 7.05. The fourth-order valence-corrected chi connectivity index (χ4v) is 2.91. The summed E-state index contributed by atoms with van der Waals surface area (Å²) < 4.78 is 0. The molecular weight excluding hydrogens is 246 g/mol. The van der Waals surface area contributed by atoms with Gasteiger partial charge in [0.25, 0.3) is 0 Å². The maximum absolute atomic E-state index is 9.11. The molecule has 1 heterocycles. The molecule has 1 atom stereocenters. The van der Waals surface area contributed by atoms with Crippen LogP contribution in [0.1, 0.15) is 33.1 Å². The van der Waals surface area contributed by atoms with Crippen molar-refractivity contribution in [3.63, 3.8) is 0 Å². The molecule has 2 nitrogen and oxygen atoms in total. The lowest BCUT2D eigenvalue weighted by Crippen LogP contribution is -2.50. The summed E-state index contributed by atoms with van der Waals surface area (Å²) in [5.41, 5.74) is 1.41. The number of hydrogen-bond acceptors (Lipinski definition) is 2. The number of nitrogens with zero attached hydrogens (tertiary/aromatic N) is 1. The van der Waals surface area contributed by atoms with Crippen LogP contribution in [0.25, 0.3) is 0 Å². The van der Waals surface area contributed by atoms with Gasteiger partial charge in [-0.2, -0.15) is 0 Å². The highest BCUT2D eigenvalue weighted by Crippen LogP contribution is 2.36. The predicted molar refractivity (Wildman–Crippen MR) is 77.3 cm³/mol. The minimum absolute atomic E-state index is 0.180. The number of anilines is 1. The van der Waals surface area contributed by atoms with Crippen LogP contribution in [0.2, 0.25) is 5.02 Å². The van der Waals surface area contributed by atoms with Gasteiger partial charge in [0.05, 0.1) is 0 Å². The lowest BCUT2D eigenvalue weighted by molar-refractivity contribution is 0.217. The number of aliphatic hydroxyl groups is 1. The van der Waals surface area contributed by atoms with Gasteiger partial charge in [0, 0.05) is 29.4 Å². The van der Waals surface area contributed by atoms with Gasteiger partial charge in [-0.05, 0) is 63.3 Å². The largest absolute Gasteiger partial charge is 0.396 e. The van der Waals surface area contributed by atoms with E-state index in [-0.39, 0.29) is 5.54 Å². The quantitative estimate of drug-likeness (QED) is 0.902. The molecule has 1 aromatic carbocycles. The molecule has 100 valence electrons. The Bertz CT molecular complexity index is 388. The van der Waals surface area contributed by atoms with E-state index in [1.54, 1.807) is 0 Å². The second kappa shape index (κ2) is 5.50. The van der Waals surface area contributed by atoms with Crippen molar-refractivity contribution in [1.29, 1.82) is 0 Å². The van der Waals surface area contributed by atoms with E-state index in [9.17, 15) is 0 Å². The van der Waals surface area contributed by atoms with Crippen molar-refractivity contribution in [2.75, 3.05) is 18.1 Å². The predicted octanol–water partition coefficient (Wildman–Crippen LogP) is 3.72. The summed E-state index contributed by atoms with van der Waals surface area (Å²) in [5, 5.41) is 9.88. The van der Waals surface area contributed by atoms with Crippen molar-refractivity contribution in [2.45, 2.75) is 38.6 Å². The van der Waals surface area contributed by atoms with Crippen LogP contribution in [0.5, 0.6) is 0 Å². The van der Waals surface area contributed by atoms with Crippen molar-refractivity contribution < 1.29 is 5.11 Å². The van der Waals surface area contributed by atoms with Crippen molar-refractivity contribution in [2.24, 2.45) is 5.92 Å². The second-order valence-electron chi connectivity index (χ2n) is 5.82. The third-order valence-electron chi connectivity index (χ3n) is 4.01. The summed E-state index contributed by atoms with van der Waals surface area (Å²) in [5.74, 6) is 0.596. The van der Waals surface area contributed by atoms with Crippen LogP contribution in [-0.4, -0.2) is 23.8 Å². The number of halogens is 1. The van der Waals surface area contributed by atoms with Crippen LogP contribution in [0.15, 0.2) is 24.3 Å². The number of hydrogen-bond donors (Lipinski definition) is 1. The van der Waals surface area contributed by atoms with Crippen molar-refractivity contribution in [3.05, 3.63) is 29.3 Å². The van der Waals surface area contributed by atoms with E-state index in [0.717, 1.165) is 18.0 Å². The minimum Gasteiger partial charge on any atom is -0.396 e. The molecule has 1 unspecified atom stereocenters. The molecule has 2 rings (SSSR count). The highest BCUT2D eigenvalue weighted by atomic mass is 35.5. The normalized spacial score (nSPS) is 23.1. The molecule has 18 heavy (non-hydrogen) atoms. The zero-order chi connectivity index (χ0) is 13.2. The fraction of sp³-hybridized carbons (Fsp3) is 0.600. The molecule has 1 N–H and O–H groups in total. The Morgan fingerprint density at radius 1 is 1.33 bits per heavy atom. The van der Waals surface area contributed by atoms with Gasteiger partial charge < -0.3 is 10.0 Å². The summed E-state index contributed by atoms with van der Waals surface area (Å²) in [4.78, 5) is 2.45. The Morgan fingerprint density at radius 2 is 2.00 bits per heavy atom. The van der Waals surface area contributed by atoms with Crippen molar-refractivity contribution >= 4 is 17.3 Å². The first-order valence-electron chi connectivity index (χ1n) is 6.67. The lowest BCUT2D eigenvalue weighted by Gasteiger charge is -2.47. The van der Waals surface area contributed by atoms with Crippen LogP contribution in [0.3, 0.4) is 0 Å². The third kappa shape index (κ3) is 2.99. The van der Waals surface area contributed by atoms with Crippen LogP contribution in [-0.2, 0) is 0 Å². The number of benzene rings is 1. The number of aliphatic hydroxyl groups excluding tert-OH is 1. The Labute approximate surface area is 115 Å². The Balaban J connectivity index is 2.18. The summed E-state index contributed by atoms with van der Waals surface area (Å²) >= 11 is 5.95.